The Hall–Kier alpha value is -2.11. The molecule has 1 unspecified atom stereocenters. The number of carboxylic acids is 1. The molecule has 0 aliphatic carbocycles. The minimum Gasteiger partial charge on any atom is -0.490 e. The monoisotopic (exact) mass is 323 g/mol. The number of benzene rings is 1. The van der Waals surface area contributed by atoms with Crippen LogP contribution in [0.4, 0.5) is 4.39 Å². The van der Waals surface area contributed by atoms with E-state index in [0.717, 1.165) is 12.8 Å². The number of aliphatic carboxylic acids is 1. The second-order valence-electron chi connectivity index (χ2n) is 6.06. The van der Waals surface area contributed by atoms with Crippen molar-refractivity contribution in [2.24, 2.45) is 5.92 Å². The maximum Gasteiger partial charge on any atom is 0.303 e. The summed E-state index contributed by atoms with van der Waals surface area (Å²) in [6.45, 7) is 2.98. The van der Waals surface area contributed by atoms with Crippen LogP contribution in [0.2, 0.25) is 0 Å². The normalized spacial score (nSPS) is 16.9. The van der Waals surface area contributed by atoms with Crippen LogP contribution in [0.25, 0.3) is 0 Å². The van der Waals surface area contributed by atoms with Gasteiger partial charge in [-0.15, -0.1) is 0 Å². The molecule has 23 heavy (non-hydrogen) atoms. The molecule has 6 heteroatoms. The number of nitrogens with zero attached hydrogens (tertiary/aromatic N) is 1. The Labute approximate surface area is 135 Å². The van der Waals surface area contributed by atoms with Gasteiger partial charge in [0.2, 0.25) is 5.91 Å². The van der Waals surface area contributed by atoms with Crippen molar-refractivity contribution in [2.45, 2.75) is 38.7 Å². The Morgan fingerprint density at radius 1 is 1.26 bits per heavy atom. The lowest BCUT2D eigenvalue weighted by molar-refractivity contribution is -0.138. The molecule has 1 saturated heterocycles. The van der Waals surface area contributed by atoms with Crippen LogP contribution in [0.1, 0.15) is 32.6 Å². The summed E-state index contributed by atoms with van der Waals surface area (Å²) in [5.74, 6) is -0.705. The smallest absolute Gasteiger partial charge is 0.303 e. The number of hydrogen-bond donors (Lipinski definition) is 1. The Balaban J connectivity index is 1.75. The number of hydrogen-bond acceptors (Lipinski definition) is 3. The van der Waals surface area contributed by atoms with Crippen molar-refractivity contribution in [3.8, 4) is 5.75 Å². The number of halogens is 1. The summed E-state index contributed by atoms with van der Waals surface area (Å²) in [6, 6.07) is 5.91. The molecule has 1 heterocycles. The first-order chi connectivity index (χ1) is 10.9. The number of likely N-dealkylation sites (tertiary alicyclic amines) is 1. The van der Waals surface area contributed by atoms with Gasteiger partial charge in [-0.2, -0.15) is 0 Å². The molecule has 0 radical (unpaired) electrons. The van der Waals surface area contributed by atoms with Crippen LogP contribution in [0.3, 0.4) is 0 Å². The summed E-state index contributed by atoms with van der Waals surface area (Å²) in [7, 11) is 0. The highest BCUT2D eigenvalue weighted by Gasteiger charge is 2.25. The number of carboxylic acid groups (broad SMARTS) is 1. The van der Waals surface area contributed by atoms with Gasteiger partial charge in [0.05, 0.1) is 0 Å². The molecule has 126 valence electrons. The first kappa shape index (κ1) is 17.2. The van der Waals surface area contributed by atoms with Crippen LogP contribution in [-0.4, -0.2) is 41.1 Å². The molecule has 1 aromatic rings. The van der Waals surface area contributed by atoms with Crippen LogP contribution in [0.15, 0.2) is 24.3 Å². The Kier molecular flexibility index (Phi) is 5.96. The zero-order chi connectivity index (χ0) is 16.8. The second-order valence-corrected chi connectivity index (χ2v) is 6.06. The summed E-state index contributed by atoms with van der Waals surface area (Å²) in [6.07, 6.45) is 1.72. The summed E-state index contributed by atoms with van der Waals surface area (Å²) < 4.78 is 18.6. The fraction of sp³-hybridized carbons (Fsp3) is 0.529. The molecule has 1 N–H and O–H groups in total. The number of piperidine rings is 1. The van der Waals surface area contributed by atoms with Crippen LogP contribution in [0, 0.1) is 11.7 Å². The largest absolute Gasteiger partial charge is 0.490 e. The molecule has 0 saturated carbocycles. The third-order valence-electron chi connectivity index (χ3n) is 3.96. The average molecular weight is 323 g/mol. The van der Waals surface area contributed by atoms with Crippen LogP contribution in [0.5, 0.6) is 5.75 Å². The molecule has 1 aromatic carbocycles. The van der Waals surface area contributed by atoms with E-state index in [9.17, 15) is 14.0 Å². The molecular weight excluding hydrogens is 301 g/mol. The Morgan fingerprint density at radius 3 is 2.43 bits per heavy atom. The first-order valence-electron chi connectivity index (χ1n) is 7.86. The lowest BCUT2D eigenvalue weighted by Crippen LogP contribution is -2.42. The third-order valence-corrected chi connectivity index (χ3v) is 3.96. The van der Waals surface area contributed by atoms with Gasteiger partial charge >= 0.3 is 5.97 Å². The molecule has 0 bridgehead atoms. The van der Waals surface area contributed by atoms with E-state index in [1.165, 1.54) is 12.1 Å². The van der Waals surface area contributed by atoms with Gasteiger partial charge in [0.25, 0.3) is 0 Å². The lowest BCUT2D eigenvalue weighted by Gasteiger charge is -2.32. The maximum absolute atomic E-state index is 12.9. The van der Waals surface area contributed by atoms with Crippen LogP contribution < -0.4 is 4.74 Å². The number of amides is 1. The van der Waals surface area contributed by atoms with E-state index in [4.69, 9.17) is 9.84 Å². The van der Waals surface area contributed by atoms with E-state index in [-0.39, 0.29) is 36.6 Å². The number of carbonyl (C=O) groups excluding carboxylic acids is 1. The zero-order valence-electron chi connectivity index (χ0n) is 13.2. The predicted molar refractivity (Wildman–Crippen MR) is 82.7 cm³/mol. The number of rotatable bonds is 6. The highest BCUT2D eigenvalue weighted by molar-refractivity contribution is 5.77. The van der Waals surface area contributed by atoms with E-state index < -0.39 is 5.97 Å². The van der Waals surface area contributed by atoms with Crippen molar-refractivity contribution in [1.29, 1.82) is 0 Å². The fourth-order valence-corrected chi connectivity index (χ4v) is 2.73. The minimum atomic E-state index is -0.878. The van der Waals surface area contributed by atoms with E-state index >= 15 is 0 Å². The SMILES string of the molecule is CC(CC(=O)O)CC(=O)N1CCC(Oc2ccc(F)cc2)CC1. The second kappa shape index (κ2) is 7.94. The summed E-state index contributed by atoms with van der Waals surface area (Å²) in [4.78, 5) is 24.5. The quantitative estimate of drug-likeness (QED) is 0.874. The maximum atomic E-state index is 12.9. The number of carbonyl (C=O) groups is 2. The molecule has 1 aliphatic heterocycles. The fourth-order valence-electron chi connectivity index (χ4n) is 2.73. The molecule has 2 rings (SSSR count). The van der Waals surface area contributed by atoms with Crippen molar-refractivity contribution >= 4 is 11.9 Å². The van der Waals surface area contributed by atoms with E-state index in [0.29, 0.717) is 18.8 Å². The standard InChI is InChI=1S/C17H22FNO4/c1-12(11-17(21)22)10-16(20)19-8-6-15(7-9-19)23-14-4-2-13(18)3-5-14/h2-5,12,15H,6-11H2,1H3,(H,21,22). The van der Waals surface area contributed by atoms with Gasteiger partial charge in [-0.3, -0.25) is 9.59 Å². The highest BCUT2D eigenvalue weighted by Crippen LogP contribution is 2.20. The van der Waals surface area contributed by atoms with Gasteiger partial charge < -0.3 is 14.7 Å². The van der Waals surface area contributed by atoms with Gasteiger partial charge in [-0.1, -0.05) is 6.92 Å². The van der Waals surface area contributed by atoms with Crippen LogP contribution in [-0.2, 0) is 9.59 Å². The van der Waals surface area contributed by atoms with E-state index in [1.807, 2.05) is 0 Å². The molecule has 0 aromatic heterocycles. The first-order valence-corrected chi connectivity index (χ1v) is 7.86. The van der Waals surface area contributed by atoms with Crippen molar-refractivity contribution in [3.63, 3.8) is 0 Å². The highest BCUT2D eigenvalue weighted by atomic mass is 19.1. The minimum absolute atomic E-state index is 0.000942. The third kappa shape index (κ3) is 5.54. The van der Waals surface area contributed by atoms with Crippen molar-refractivity contribution < 1.29 is 23.8 Å². The van der Waals surface area contributed by atoms with Crippen molar-refractivity contribution in [1.82, 2.24) is 4.90 Å². The van der Waals surface area contributed by atoms with E-state index in [1.54, 1.807) is 24.0 Å². The Bertz CT molecular complexity index is 538. The van der Waals surface area contributed by atoms with Crippen molar-refractivity contribution in [2.75, 3.05) is 13.1 Å². The summed E-state index contributed by atoms with van der Waals surface area (Å²) in [5.41, 5.74) is 0. The lowest BCUT2D eigenvalue weighted by atomic mass is 10.0. The molecule has 5 nitrogen and oxygen atoms in total. The van der Waals surface area contributed by atoms with Crippen LogP contribution >= 0.6 is 0 Å². The molecule has 0 spiro atoms. The molecule has 1 fully saturated rings. The molecule has 1 aliphatic rings. The van der Waals surface area contributed by atoms with E-state index in [2.05, 4.69) is 0 Å². The van der Waals surface area contributed by atoms with Gasteiger partial charge in [-0.05, 0) is 30.2 Å². The topological polar surface area (TPSA) is 66.8 Å². The zero-order valence-corrected chi connectivity index (χ0v) is 13.2. The summed E-state index contributed by atoms with van der Waals surface area (Å²) >= 11 is 0. The number of ether oxygens (including phenoxy) is 1. The Morgan fingerprint density at radius 2 is 1.87 bits per heavy atom. The van der Waals surface area contributed by atoms with Gasteiger partial charge in [-0.25, -0.2) is 4.39 Å². The molecule has 1 amide bonds. The predicted octanol–water partition coefficient (Wildman–Crippen LogP) is 2.70. The molecule has 1 atom stereocenters. The van der Waals surface area contributed by atoms with Crippen molar-refractivity contribution in [3.05, 3.63) is 30.1 Å². The molecular formula is C17H22FNO4. The van der Waals surface area contributed by atoms with Gasteiger partial charge in [0.1, 0.15) is 17.7 Å². The van der Waals surface area contributed by atoms with Gasteiger partial charge in [0.15, 0.2) is 0 Å². The average Bonchev–Trinajstić information content (AvgIpc) is 2.49. The summed E-state index contributed by atoms with van der Waals surface area (Å²) in [5, 5.41) is 8.73. The van der Waals surface area contributed by atoms with Gasteiger partial charge in [0, 0.05) is 38.8 Å².